The Balaban J connectivity index is 2.12. The summed E-state index contributed by atoms with van der Waals surface area (Å²) < 4.78 is 10.5. The topological polar surface area (TPSA) is 30.5 Å². The van der Waals surface area contributed by atoms with Gasteiger partial charge in [0.2, 0.25) is 0 Å². The predicted molar refractivity (Wildman–Crippen MR) is 43.7 cm³/mol. The smallest absolute Gasteiger partial charge is 0.0715 e. The number of hydrogen-bond acceptors (Lipinski definition) is 3. The van der Waals surface area contributed by atoms with Crippen molar-refractivity contribution in [3.8, 4) is 0 Å². The molecule has 3 nitrogen and oxygen atoms in total. The maximum absolute atomic E-state index is 5.46. The molecular formula is C8H17NO2. The lowest BCUT2D eigenvalue weighted by atomic mass is 10.2. The van der Waals surface area contributed by atoms with E-state index in [1.807, 2.05) is 6.92 Å². The van der Waals surface area contributed by atoms with E-state index in [4.69, 9.17) is 9.47 Å². The van der Waals surface area contributed by atoms with E-state index in [-0.39, 0.29) is 0 Å². The Morgan fingerprint density at radius 2 is 2.36 bits per heavy atom. The van der Waals surface area contributed by atoms with Gasteiger partial charge in [-0.2, -0.15) is 0 Å². The molecular weight excluding hydrogens is 142 g/mol. The quantitative estimate of drug-likeness (QED) is 0.644. The Bertz CT molecular complexity index is 96.3. The van der Waals surface area contributed by atoms with Crippen molar-refractivity contribution < 1.29 is 9.47 Å². The Labute approximate surface area is 68.1 Å². The number of ether oxygens (including phenoxy) is 2. The van der Waals surface area contributed by atoms with Crippen LogP contribution >= 0.6 is 0 Å². The van der Waals surface area contributed by atoms with Crippen LogP contribution in [-0.2, 0) is 9.47 Å². The summed E-state index contributed by atoms with van der Waals surface area (Å²) in [5.74, 6) is 0. The molecule has 11 heavy (non-hydrogen) atoms. The fraction of sp³-hybridized carbons (Fsp3) is 1.00. The fourth-order valence-corrected chi connectivity index (χ4v) is 1.47. The minimum absolute atomic E-state index is 0.403. The van der Waals surface area contributed by atoms with Gasteiger partial charge < -0.3 is 14.8 Å². The molecule has 0 aliphatic carbocycles. The Hall–Kier alpha value is -0.120. The van der Waals surface area contributed by atoms with E-state index in [1.54, 1.807) is 7.11 Å². The van der Waals surface area contributed by atoms with Gasteiger partial charge in [-0.05, 0) is 13.3 Å². The van der Waals surface area contributed by atoms with Crippen LogP contribution in [0.5, 0.6) is 0 Å². The highest BCUT2D eigenvalue weighted by atomic mass is 16.5. The van der Waals surface area contributed by atoms with Crippen LogP contribution in [0.3, 0.4) is 0 Å². The van der Waals surface area contributed by atoms with E-state index < -0.39 is 0 Å². The highest BCUT2D eigenvalue weighted by Gasteiger charge is 2.23. The lowest BCUT2D eigenvalue weighted by molar-refractivity contribution is 0.0724. The standard InChI is InChI=1S/C8H17NO2/c1-3-11-8-4-7(6-10-2)9-5-8/h7-9H,3-6H2,1-2H3. The molecule has 0 amide bonds. The summed E-state index contributed by atoms with van der Waals surface area (Å²) in [7, 11) is 1.73. The largest absolute Gasteiger partial charge is 0.383 e. The number of hydrogen-bond donors (Lipinski definition) is 1. The van der Waals surface area contributed by atoms with Crippen molar-refractivity contribution in [1.82, 2.24) is 5.32 Å². The second-order valence-electron chi connectivity index (χ2n) is 2.87. The van der Waals surface area contributed by atoms with Gasteiger partial charge in [0, 0.05) is 26.3 Å². The van der Waals surface area contributed by atoms with Gasteiger partial charge in [-0.25, -0.2) is 0 Å². The van der Waals surface area contributed by atoms with Crippen LogP contribution in [0.1, 0.15) is 13.3 Å². The minimum Gasteiger partial charge on any atom is -0.383 e. The number of nitrogens with one attached hydrogen (secondary N) is 1. The number of methoxy groups -OCH3 is 1. The molecule has 0 spiro atoms. The van der Waals surface area contributed by atoms with Crippen molar-refractivity contribution in [3.05, 3.63) is 0 Å². The molecule has 3 heteroatoms. The zero-order chi connectivity index (χ0) is 8.10. The fourth-order valence-electron chi connectivity index (χ4n) is 1.47. The second kappa shape index (κ2) is 4.70. The monoisotopic (exact) mass is 159 g/mol. The molecule has 1 aliphatic heterocycles. The van der Waals surface area contributed by atoms with Gasteiger partial charge in [-0.15, -0.1) is 0 Å². The average molecular weight is 159 g/mol. The van der Waals surface area contributed by atoms with Crippen molar-refractivity contribution >= 4 is 0 Å². The van der Waals surface area contributed by atoms with Crippen LogP contribution in [0, 0.1) is 0 Å². The predicted octanol–water partition coefficient (Wildman–Crippen LogP) is 0.400. The van der Waals surface area contributed by atoms with Crippen LogP contribution in [0.4, 0.5) is 0 Å². The summed E-state index contributed by atoms with van der Waals surface area (Å²) in [5, 5.41) is 3.34. The minimum atomic E-state index is 0.403. The maximum Gasteiger partial charge on any atom is 0.0715 e. The Morgan fingerprint density at radius 1 is 1.55 bits per heavy atom. The van der Waals surface area contributed by atoms with Crippen molar-refractivity contribution in [2.75, 3.05) is 26.9 Å². The van der Waals surface area contributed by atoms with Gasteiger partial charge in [0.05, 0.1) is 12.7 Å². The average Bonchev–Trinajstić information content (AvgIpc) is 2.38. The molecule has 2 atom stereocenters. The van der Waals surface area contributed by atoms with E-state index in [0.29, 0.717) is 12.1 Å². The van der Waals surface area contributed by atoms with E-state index >= 15 is 0 Å². The first kappa shape index (κ1) is 8.97. The highest BCUT2D eigenvalue weighted by molar-refractivity contribution is 4.81. The molecule has 1 rings (SSSR count). The maximum atomic E-state index is 5.46. The first-order valence-electron chi connectivity index (χ1n) is 4.20. The molecule has 1 aliphatic rings. The van der Waals surface area contributed by atoms with Crippen LogP contribution in [0.15, 0.2) is 0 Å². The third-order valence-corrected chi connectivity index (χ3v) is 1.95. The summed E-state index contributed by atoms with van der Waals surface area (Å²) in [6.45, 7) is 4.61. The molecule has 1 N–H and O–H groups in total. The molecule has 66 valence electrons. The van der Waals surface area contributed by atoms with Crippen LogP contribution in [-0.4, -0.2) is 39.0 Å². The van der Waals surface area contributed by atoms with Gasteiger partial charge in [-0.3, -0.25) is 0 Å². The molecule has 0 radical (unpaired) electrons. The molecule has 1 heterocycles. The zero-order valence-electron chi connectivity index (χ0n) is 7.30. The third kappa shape index (κ3) is 2.77. The molecule has 0 aromatic rings. The summed E-state index contributed by atoms with van der Waals surface area (Å²) in [4.78, 5) is 0. The second-order valence-corrected chi connectivity index (χ2v) is 2.87. The van der Waals surface area contributed by atoms with Crippen molar-refractivity contribution in [3.63, 3.8) is 0 Å². The molecule has 0 saturated carbocycles. The molecule has 2 unspecified atom stereocenters. The molecule has 1 fully saturated rings. The van der Waals surface area contributed by atoms with E-state index in [2.05, 4.69) is 5.32 Å². The Morgan fingerprint density at radius 3 is 3.00 bits per heavy atom. The van der Waals surface area contributed by atoms with Gasteiger partial charge in [-0.1, -0.05) is 0 Å². The van der Waals surface area contributed by atoms with E-state index in [1.165, 1.54) is 0 Å². The van der Waals surface area contributed by atoms with Crippen molar-refractivity contribution in [2.45, 2.75) is 25.5 Å². The third-order valence-electron chi connectivity index (χ3n) is 1.95. The van der Waals surface area contributed by atoms with Crippen molar-refractivity contribution in [1.29, 1.82) is 0 Å². The van der Waals surface area contributed by atoms with Gasteiger partial charge in [0.15, 0.2) is 0 Å². The van der Waals surface area contributed by atoms with E-state index in [0.717, 1.165) is 26.2 Å². The highest BCUT2D eigenvalue weighted by Crippen LogP contribution is 2.09. The van der Waals surface area contributed by atoms with Crippen LogP contribution in [0.25, 0.3) is 0 Å². The lowest BCUT2D eigenvalue weighted by Crippen LogP contribution is -2.25. The molecule has 0 aromatic carbocycles. The van der Waals surface area contributed by atoms with Gasteiger partial charge >= 0.3 is 0 Å². The normalized spacial score (nSPS) is 31.1. The first-order valence-corrected chi connectivity index (χ1v) is 4.20. The molecule has 0 aromatic heterocycles. The Kier molecular flexibility index (Phi) is 3.83. The lowest BCUT2D eigenvalue weighted by Gasteiger charge is -2.08. The summed E-state index contributed by atoms with van der Waals surface area (Å²) in [6, 6.07) is 0.497. The van der Waals surface area contributed by atoms with Crippen molar-refractivity contribution in [2.24, 2.45) is 0 Å². The van der Waals surface area contributed by atoms with Gasteiger partial charge in [0.25, 0.3) is 0 Å². The van der Waals surface area contributed by atoms with Crippen LogP contribution in [0.2, 0.25) is 0 Å². The summed E-state index contributed by atoms with van der Waals surface area (Å²) in [6.07, 6.45) is 1.49. The summed E-state index contributed by atoms with van der Waals surface area (Å²) in [5.41, 5.74) is 0. The van der Waals surface area contributed by atoms with Gasteiger partial charge in [0.1, 0.15) is 0 Å². The van der Waals surface area contributed by atoms with E-state index in [9.17, 15) is 0 Å². The SMILES string of the molecule is CCOC1CNC(COC)C1. The number of rotatable bonds is 4. The first-order chi connectivity index (χ1) is 5.36. The zero-order valence-corrected chi connectivity index (χ0v) is 7.30. The van der Waals surface area contributed by atoms with Crippen LogP contribution < -0.4 is 5.32 Å². The molecule has 0 bridgehead atoms. The molecule has 1 saturated heterocycles. The summed E-state index contributed by atoms with van der Waals surface area (Å²) >= 11 is 0.